The van der Waals surface area contributed by atoms with Gasteiger partial charge in [0.1, 0.15) is 0 Å². The Hall–Kier alpha value is -2.63. The summed E-state index contributed by atoms with van der Waals surface area (Å²) >= 11 is 0. The number of Topliss-reactive ketones (excluding diaryl/α,β-unsaturated/α-hetero) is 1. The Morgan fingerprint density at radius 3 is 2.73 bits per heavy atom. The molecule has 1 atom stereocenters. The third-order valence-electron chi connectivity index (χ3n) is 4.85. The van der Waals surface area contributed by atoms with E-state index in [9.17, 15) is 9.90 Å². The lowest BCUT2D eigenvalue weighted by Gasteiger charge is -2.31. The second-order valence-electron chi connectivity index (χ2n) is 6.62. The average Bonchev–Trinajstić information content (AvgIpc) is 3.16. The van der Waals surface area contributed by atoms with Crippen LogP contribution in [0, 0.1) is 5.92 Å². The van der Waals surface area contributed by atoms with Crippen molar-refractivity contribution < 1.29 is 19.4 Å². The van der Waals surface area contributed by atoms with Crippen molar-refractivity contribution >= 4 is 5.78 Å². The Balaban J connectivity index is 1.51. The van der Waals surface area contributed by atoms with Crippen LogP contribution in [-0.2, 0) is 6.54 Å². The smallest absolute Gasteiger partial charge is 0.231 e. The van der Waals surface area contributed by atoms with Crippen molar-refractivity contribution in [3.05, 3.63) is 71.3 Å². The van der Waals surface area contributed by atoms with Crippen LogP contribution in [0.1, 0.15) is 15.9 Å². The van der Waals surface area contributed by atoms with Crippen molar-refractivity contribution in [2.24, 2.45) is 5.92 Å². The van der Waals surface area contributed by atoms with Crippen LogP contribution in [0.3, 0.4) is 0 Å². The summed E-state index contributed by atoms with van der Waals surface area (Å²) in [5, 5.41) is 9.83. The maximum atomic E-state index is 12.9. The first-order chi connectivity index (χ1) is 12.7. The molecule has 0 fully saturated rings. The van der Waals surface area contributed by atoms with E-state index in [0.717, 1.165) is 6.54 Å². The number of ether oxygens (including phenoxy) is 2. The number of fused-ring (bicyclic) bond motifs is 1. The van der Waals surface area contributed by atoms with Crippen LogP contribution in [0.5, 0.6) is 11.5 Å². The summed E-state index contributed by atoms with van der Waals surface area (Å²) in [6.07, 6.45) is 1.94. The molecule has 0 spiro atoms. The van der Waals surface area contributed by atoms with Crippen LogP contribution in [0.25, 0.3) is 0 Å². The second-order valence-corrected chi connectivity index (χ2v) is 6.62. The third kappa shape index (κ3) is 3.36. The first-order valence-electron chi connectivity index (χ1n) is 8.76. The van der Waals surface area contributed by atoms with Crippen LogP contribution < -0.4 is 9.47 Å². The monoisotopic (exact) mass is 351 g/mol. The van der Waals surface area contributed by atoms with Gasteiger partial charge in [0.05, 0.1) is 6.61 Å². The maximum Gasteiger partial charge on any atom is 0.231 e. The Bertz CT molecular complexity index is 831. The second kappa shape index (κ2) is 7.32. The molecule has 2 aromatic carbocycles. The molecule has 26 heavy (non-hydrogen) atoms. The number of carbonyl (C=O) groups excluding carboxylic acids is 1. The van der Waals surface area contributed by atoms with E-state index in [4.69, 9.17) is 9.47 Å². The van der Waals surface area contributed by atoms with E-state index >= 15 is 0 Å². The zero-order valence-electron chi connectivity index (χ0n) is 14.4. The molecule has 0 aliphatic carbocycles. The van der Waals surface area contributed by atoms with Gasteiger partial charge in [-0.2, -0.15) is 0 Å². The number of aliphatic hydroxyl groups excluding tert-OH is 1. The Kier molecular flexibility index (Phi) is 4.73. The lowest BCUT2D eigenvalue weighted by atomic mass is 9.89. The first-order valence-corrected chi connectivity index (χ1v) is 8.76. The van der Waals surface area contributed by atoms with Crippen molar-refractivity contribution in [1.29, 1.82) is 0 Å². The van der Waals surface area contributed by atoms with E-state index in [1.165, 1.54) is 5.56 Å². The highest BCUT2D eigenvalue weighted by atomic mass is 16.7. The SMILES string of the molecule is O=C(C1=CCN(Cc2ccccc2)CC1CO)c1ccc2c(c1)OCO2. The molecule has 5 heteroatoms. The number of hydrogen-bond acceptors (Lipinski definition) is 5. The number of nitrogens with zero attached hydrogens (tertiary/aromatic N) is 1. The number of carbonyl (C=O) groups is 1. The molecular formula is C21H21NO4. The minimum absolute atomic E-state index is 0.0482. The van der Waals surface area contributed by atoms with Gasteiger partial charge >= 0.3 is 0 Å². The van der Waals surface area contributed by atoms with Crippen LogP contribution in [0.4, 0.5) is 0 Å². The summed E-state index contributed by atoms with van der Waals surface area (Å²) in [5.74, 6) is 1.01. The van der Waals surface area contributed by atoms with Crippen molar-refractivity contribution in [2.75, 3.05) is 26.5 Å². The molecule has 2 aliphatic heterocycles. The highest BCUT2D eigenvalue weighted by Gasteiger charge is 2.28. The molecule has 1 unspecified atom stereocenters. The molecule has 4 rings (SSSR count). The molecule has 0 aromatic heterocycles. The minimum atomic E-state index is -0.189. The molecule has 2 heterocycles. The molecule has 0 bridgehead atoms. The average molecular weight is 351 g/mol. The van der Waals surface area contributed by atoms with E-state index in [0.29, 0.717) is 35.7 Å². The quantitative estimate of drug-likeness (QED) is 0.840. The van der Waals surface area contributed by atoms with Gasteiger partial charge < -0.3 is 14.6 Å². The van der Waals surface area contributed by atoms with Crippen LogP contribution in [0.2, 0.25) is 0 Å². The van der Waals surface area contributed by atoms with E-state index in [2.05, 4.69) is 17.0 Å². The van der Waals surface area contributed by atoms with Crippen LogP contribution >= 0.6 is 0 Å². The van der Waals surface area contributed by atoms with Gasteiger partial charge in [-0.3, -0.25) is 9.69 Å². The maximum absolute atomic E-state index is 12.9. The molecule has 2 aromatic rings. The van der Waals surface area contributed by atoms with E-state index in [1.807, 2.05) is 24.3 Å². The molecule has 5 nitrogen and oxygen atoms in total. The van der Waals surface area contributed by atoms with E-state index < -0.39 is 0 Å². The van der Waals surface area contributed by atoms with Crippen molar-refractivity contribution in [1.82, 2.24) is 4.90 Å². The third-order valence-corrected chi connectivity index (χ3v) is 4.85. The standard InChI is InChI=1S/C21H21NO4/c23-13-17-12-22(11-15-4-2-1-3-5-15)9-8-18(17)21(24)16-6-7-19-20(10-16)26-14-25-19/h1-8,10,17,23H,9,11-14H2. The van der Waals surface area contributed by atoms with Gasteiger partial charge in [-0.05, 0) is 23.8 Å². The number of aliphatic hydroxyl groups is 1. The summed E-state index contributed by atoms with van der Waals surface area (Å²) in [6.45, 7) is 2.29. The van der Waals surface area contributed by atoms with Gasteiger partial charge in [-0.25, -0.2) is 0 Å². The molecule has 2 aliphatic rings. The number of rotatable bonds is 5. The summed E-state index contributed by atoms with van der Waals surface area (Å²) in [7, 11) is 0. The van der Waals surface area contributed by atoms with Crippen LogP contribution in [-0.4, -0.2) is 42.3 Å². The molecule has 1 N–H and O–H groups in total. The molecule has 0 saturated heterocycles. The zero-order valence-corrected chi connectivity index (χ0v) is 14.4. The van der Waals surface area contributed by atoms with Gasteiger partial charge in [0.15, 0.2) is 17.3 Å². The number of hydrogen-bond donors (Lipinski definition) is 1. The lowest BCUT2D eigenvalue weighted by molar-refractivity contribution is 0.0980. The Labute approximate surface area is 152 Å². The summed E-state index contributed by atoms with van der Waals surface area (Å²) in [5.41, 5.74) is 2.47. The van der Waals surface area contributed by atoms with Crippen molar-refractivity contribution in [2.45, 2.75) is 6.54 Å². The topological polar surface area (TPSA) is 59.0 Å². The summed E-state index contributed by atoms with van der Waals surface area (Å²) < 4.78 is 10.7. The number of benzene rings is 2. The van der Waals surface area contributed by atoms with E-state index in [-0.39, 0.29) is 25.1 Å². The highest BCUT2D eigenvalue weighted by Crippen LogP contribution is 2.34. The molecule has 0 radical (unpaired) electrons. The molecule has 0 saturated carbocycles. The largest absolute Gasteiger partial charge is 0.454 e. The van der Waals surface area contributed by atoms with Gasteiger partial charge in [-0.15, -0.1) is 0 Å². The van der Waals surface area contributed by atoms with Crippen molar-refractivity contribution in [3.8, 4) is 11.5 Å². The van der Waals surface area contributed by atoms with Gasteiger partial charge in [0, 0.05) is 36.7 Å². The predicted octanol–water partition coefficient (Wildman–Crippen LogP) is 2.65. The van der Waals surface area contributed by atoms with Crippen LogP contribution in [0.15, 0.2) is 60.2 Å². The van der Waals surface area contributed by atoms with Gasteiger partial charge in [-0.1, -0.05) is 36.4 Å². The molecule has 134 valence electrons. The fourth-order valence-electron chi connectivity index (χ4n) is 3.49. The minimum Gasteiger partial charge on any atom is -0.454 e. The zero-order chi connectivity index (χ0) is 17.9. The molecular weight excluding hydrogens is 330 g/mol. The fraction of sp³-hybridized carbons (Fsp3) is 0.286. The summed E-state index contributed by atoms with van der Waals surface area (Å²) in [6, 6.07) is 15.4. The van der Waals surface area contributed by atoms with Gasteiger partial charge in [0.25, 0.3) is 0 Å². The molecule has 0 amide bonds. The lowest BCUT2D eigenvalue weighted by Crippen LogP contribution is -2.37. The normalized spacial score (nSPS) is 19.3. The van der Waals surface area contributed by atoms with Gasteiger partial charge in [0.2, 0.25) is 6.79 Å². The first kappa shape index (κ1) is 16.8. The Morgan fingerprint density at radius 1 is 1.12 bits per heavy atom. The van der Waals surface area contributed by atoms with Crippen molar-refractivity contribution in [3.63, 3.8) is 0 Å². The highest BCUT2D eigenvalue weighted by molar-refractivity contribution is 6.09. The predicted molar refractivity (Wildman–Crippen MR) is 97.3 cm³/mol. The van der Waals surface area contributed by atoms with E-state index in [1.54, 1.807) is 18.2 Å². The fourth-order valence-corrected chi connectivity index (χ4v) is 3.49. The number of ketones is 1. The Morgan fingerprint density at radius 2 is 1.92 bits per heavy atom. The summed E-state index contributed by atoms with van der Waals surface area (Å²) in [4.78, 5) is 15.2.